The van der Waals surface area contributed by atoms with Gasteiger partial charge in [0.15, 0.2) is 0 Å². The predicted octanol–water partition coefficient (Wildman–Crippen LogP) is 3.02. The zero-order chi connectivity index (χ0) is 17.6. The largest absolute Gasteiger partial charge is 0.397 e. The number of nitrogens with one attached hydrogen (secondary N) is 2. The highest BCUT2D eigenvalue weighted by Gasteiger charge is 2.19. The van der Waals surface area contributed by atoms with Crippen LogP contribution in [0.25, 0.3) is 0 Å². The first-order valence-corrected chi connectivity index (χ1v) is 9.18. The van der Waals surface area contributed by atoms with Gasteiger partial charge < -0.3 is 16.4 Å². The number of nitrogen functional groups attached to an aromatic ring is 1. The van der Waals surface area contributed by atoms with Crippen LogP contribution in [0.15, 0.2) is 58.3 Å². The van der Waals surface area contributed by atoms with E-state index in [4.69, 9.17) is 5.73 Å². The summed E-state index contributed by atoms with van der Waals surface area (Å²) in [6.07, 6.45) is 1.83. The third-order valence-corrected chi connectivity index (χ3v) is 5.22. The van der Waals surface area contributed by atoms with E-state index in [1.54, 1.807) is 18.2 Å². The Balaban J connectivity index is 2.24. The average Bonchev–Trinajstić information content (AvgIpc) is 2.58. The maximum Gasteiger partial charge on any atom is 0.319 e. The van der Waals surface area contributed by atoms with Gasteiger partial charge in [-0.05, 0) is 36.8 Å². The monoisotopic (exact) mass is 347 g/mol. The fourth-order valence-electron chi connectivity index (χ4n) is 2.09. The van der Waals surface area contributed by atoms with E-state index in [-0.39, 0.29) is 15.5 Å². The molecule has 0 aliphatic rings. The first kappa shape index (κ1) is 17.8. The average molecular weight is 347 g/mol. The van der Waals surface area contributed by atoms with Crippen molar-refractivity contribution < 1.29 is 13.2 Å². The quantitative estimate of drug-likeness (QED) is 0.552. The Labute approximate surface area is 142 Å². The zero-order valence-corrected chi connectivity index (χ0v) is 14.3. The summed E-state index contributed by atoms with van der Waals surface area (Å²) in [5, 5.41) is 5.29. The van der Waals surface area contributed by atoms with Crippen molar-refractivity contribution in [3.63, 3.8) is 0 Å². The molecule has 0 bridgehead atoms. The van der Waals surface area contributed by atoms with Crippen LogP contribution in [0, 0.1) is 0 Å². The van der Waals surface area contributed by atoms with Crippen molar-refractivity contribution in [3.05, 3.63) is 48.5 Å². The highest BCUT2D eigenvalue weighted by atomic mass is 32.2. The third-order valence-electron chi connectivity index (χ3n) is 3.45. The summed E-state index contributed by atoms with van der Waals surface area (Å²) in [4.78, 5) is 12.1. The van der Waals surface area contributed by atoms with Crippen molar-refractivity contribution in [2.24, 2.45) is 0 Å². The van der Waals surface area contributed by atoms with Gasteiger partial charge in [0, 0.05) is 6.54 Å². The Morgan fingerprint density at radius 3 is 2.46 bits per heavy atom. The lowest BCUT2D eigenvalue weighted by Crippen LogP contribution is -2.29. The van der Waals surface area contributed by atoms with Crippen LogP contribution in [0.3, 0.4) is 0 Å². The summed E-state index contributed by atoms with van der Waals surface area (Å²) in [6, 6.07) is 12.0. The molecule has 0 fully saturated rings. The van der Waals surface area contributed by atoms with E-state index in [1.807, 2.05) is 6.92 Å². The van der Waals surface area contributed by atoms with Crippen molar-refractivity contribution >= 4 is 27.2 Å². The van der Waals surface area contributed by atoms with E-state index >= 15 is 0 Å². The molecule has 7 heteroatoms. The van der Waals surface area contributed by atoms with Crippen LogP contribution in [0.2, 0.25) is 0 Å². The zero-order valence-electron chi connectivity index (χ0n) is 13.5. The molecule has 128 valence electrons. The topological polar surface area (TPSA) is 101 Å². The molecule has 0 atom stereocenters. The van der Waals surface area contributed by atoms with Crippen LogP contribution in [0.4, 0.5) is 16.2 Å². The first-order valence-electron chi connectivity index (χ1n) is 7.69. The molecule has 2 amide bonds. The van der Waals surface area contributed by atoms with E-state index in [2.05, 4.69) is 10.6 Å². The Hall–Kier alpha value is -2.54. The maximum absolute atomic E-state index is 12.6. The molecule has 0 spiro atoms. The number of hydrogen-bond donors (Lipinski definition) is 3. The van der Waals surface area contributed by atoms with Crippen molar-refractivity contribution in [1.29, 1.82) is 0 Å². The van der Waals surface area contributed by atoms with Gasteiger partial charge >= 0.3 is 6.03 Å². The second-order valence-electron chi connectivity index (χ2n) is 5.30. The number of benzene rings is 2. The van der Waals surface area contributed by atoms with Gasteiger partial charge in [0.25, 0.3) is 0 Å². The van der Waals surface area contributed by atoms with Crippen LogP contribution in [-0.2, 0) is 9.84 Å². The van der Waals surface area contributed by atoms with Gasteiger partial charge in [-0.25, -0.2) is 13.2 Å². The third kappa shape index (κ3) is 4.26. The fourth-order valence-corrected chi connectivity index (χ4v) is 3.40. The van der Waals surface area contributed by atoms with Gasteiger partial charge in [0.2, 0.25) is 9.84 Å². The van der Waals surface area contributed by atoms with Crippen LogP contribution >= 0.6 is 0 Å². The molecule has 2 rings (SSSR count). The summed E-state index contributed by atoms with van der Waals surface area (Å²) >= 11 is 0. The number of sulfone groups is 1. The molecule has 0 saturated carbocycles. The summed E-state index contributed by atoms with van der Waals surface area (Å²) < 4.78 is 25.2. The molecule has 0 aliphatic heterocycles. The SMILES string of the molecule is CCCCNC(=O)Nc1cc(S(=O)(=O)c2ccccc2)ccc1N. The van der Waals surface area contributed by atoms with E-state index < -0.39 is 15.9 Å². The second-order valence-corrected chi connectivity index (χ2v) is 7.25. The number of unbranched alkanes of at least 4 members (excludes halogenated alkanes) is 1. The number of carbonyl (C=O) groups is 1. The van der Waals surface area contributed by atoms with Crippen LogP contribution in [-0.4, -0.2) is 21.0 Å². The van der Waals surface area contributed by atoms with E-state index in [0.29, 0.717) is 12.2 Å². The number of amides is 2. The molecular weight excluding hydrogens is 326 g/mol. The smallest absolute Gasteiger partial charge is 0.319 e. The van der Waals surface area contributed by atoms with E-state index in [0.717, 1.165) is 12.8 Å². The normalized spacial score (nSPS) is 11.0. The molecule has 2 aromatic carbocycles. The van der Waals surface area contributed by atoms with Crippen molar-refractivity contribution in [2.75, 3.05) is 17.6 Å². The van der Waals surface area contributed by atoms with Gasteiger partial charge in [0.05, 0.1) is 21.2 Å². The Bertz CT molecular complexity index is 805. The van der Waals surface area contributed by atoms with Gasteiger partial charge in [-0.3, -0.25) is 0 Å². The number of urea groups is 1. The predicted molar refractivity (Wildman–Crippen MR) is 94.7 cm³/mol. The summed E-state index contributed by atoms with van der Waals surface area (Å²) in [5.74, 6) is 0. The van der Waals surface area contributed by atoms with E-state index in [1.165, 1.54) is 30.3 Å². The minimum absolute atomic E-state index is 0.0757. The standard InChI is InChI=1S/C17H21N3O3S/c1-2-3-11-19-17(21)20-16-12-14(9-10-15(16)18)24(22,23)13-7-5-4-6-8-13/h4-10,12H,2-3,11,18H2,1H3,(H2,19,20,21). The maximum atomic E-state index is 12.6. The van der Waals surface area contributed by atoms with Crippen molar-refractivity contribution in [2.45, 2.75) is 29.6 Å². The molecule has 4 N–H and O–H groups in total. The summed E-state index contributed by atoms with van der Waals surface area (Å²) in [6.45, 7) is 2.57. The van der Waals surface area contributed by atoms with Gasteiger partial charge in [0.1, 0.15) is 0 Å². The molecule has 24 heavy (non-hydrogen) atoms. The van der Waals surface area contributed by atoms with Crippen LogP contribution < -0.4 is 16.4 Å². The molecule has 0 unspecified atom stereocenters. The molecular formula is C17H21N3O3S. The van der Waals surface area contributed by atoms with Gasteiger partial charge in [-0.1, -0.05) is 31.5 Å². The lowest BCUT2D eigenvalue weighted by Gasteiger charge is -2.12. The molecule has 0 heterocycles. The first-order chi connectivity index (χ1) is 11.4. The van der Waals surface area contributed by atoms with Crippen molar-refractivity contribution in [1.82, 2.24) is 5.32 Å². The molecule has 0 aromatic heterocycles. The molecule has 0 aliphatic carbocycles. The number of nitrogens with two attached hydrogens (primary N) is 1. The Kier molecular flexibility index (Phi) is 5.81. The lowest BCUT2D eigenvalue weighted by atomic mass is 10.2. The molecule has 6 nitrogen and oxygen atoms in total. The van der Waals surface area contributed by atoms with Crippen LogP contribution in [0.5, 0.6) is 0 Å². The lowest BCUT2D eigenvalue weighted by molar-refractivity contribution is 0.252. The second kappa shape index (κ2) is 7.83. The van der Waals surface area contributed by atoms with Gasteiger partial charge in [-0.15, -0.1) is 0 Å². The highest BCUT2D eigenvalue weighted by molar-refractivity contribution is 7.91. The minimum atomic E-state index is -3.66. The Morgan fingerprint density at radius 1 is 1.08 bits per heavy atom. The van der Waals surface area contributed by atoms with E-state index in [9.17, 15) is 13.2 Å². The Morgan fingerprint density at radius 2 is 1.79 bits per heavy atom. The molecule has 0 saturated heterocycles. The number of anilines is 2. The van der Waals surface area contributed by atoms with Crippen molar-refractivity contribution in [3.8, 4) is 0 Å². The summed E-state index contributed by atoms with van der Waals surface area (Å²) in [5.41, 5.74) is 6.40. The number of carbonyl (C=O) groups excluding carboxylic acids is 1. The van der Waals surface area contributed by atoms with Crippen LogP contribution in [0.1, 0.15) is 19.8 Å². The number of rotatable bonds is 6. The molecule has 0 radical (unpaired) electrons. The minimum Gasteiger partial charge on any atom is -0.397 e. The fraction of sp³-hybridized carbons (Fsp3) is 0.235. The molecule has 2 aromatic rings. The highest BCUT2D eigenvalue weighted by Crippen LogP contribution is 2.27. The number of hydrogen-bond acceptors (Lipinski definition) is 4. The van der Waals surface area contributed by atoms with Gasteiger partial charge in [-0.2, -0.15) is 0 Å². The summed E-state index contributed by atoms with van der Waals surface area (Å²) in [7, 11) is -3.66.